The Labute approximate surface area is 138 Å². The Hall–Kier alpha value is -1.47. The smallest absolute Gasteiger partial charge is 0.246 e. The predicted molar refractivity (Wildman–Crippen MR) is 87.0 cm³/mol. The van der Waals surface area contributed by atoms with Gasteiger partial charge in [-0.1, -0.05) is 27.7 Å². The largest absolute Gasteiger partial charge is 0.378 e. The summed E-state index contributed by atoms with van der Waals surface area (Å²) in [6.45, 7) is 8.95. The fraction of sp³-hybridized carbons (Fsp3) is 0.812. The summed E-state index contributed by atoms with van der Waals surface area (Å²) in [5.74, 6) is -0.0438. The molecule has 0 unspecified atom stereocenters. The number of carbonyl (C=O) groups excluding carboxylic acids is 3. The molecule has 0 aliphatic rings. The molecule has 2 amide bonds. The molecule has 0 aromatic heterocycles. The van der Waals surface area contributed by atoms with E-state index in [-0.39, 0.29) is 36.7 Å². The Morgan fingerprint density at radius 3 is 1.91 bits per heavy atom. The van der Waals surface area contributed by atoms with Crippen LogP contribution in [0.2, 0.25) is 0 Å². The van der Waals surface area contributed by atoms with Crippen molar-refractivity contribution in [3.63, 3.8) is 0 Å². The maximum atomic E-state index is 11.4. The Kier molecular flexibility index (Phi) is 12.2. The van der Waals surface area contributed by atoms with Crippen LogP contribution in [0.3, 0.4) is 0 Å². The topological polar surface area (TPSA) is 93.7 Å². The van der Waals surface area contributed by atoms with Gasteiger partial charge in [0.25, 0.3) is 0 Å². The summed E-state index contributed by atoms with van der Waals surface area (Å²) in [7, 11) is 0. The van der Waals surface area contributed by atoms with Gasteiger partial charge in [-0.3, -0.25) is 14.4 Å². The van der Waals surface area contributed by atoms with Gasteiger partial charge >= 0.3 is 0 Å². The number of Topliss-reactive ketones (excluding diaryl/α,β-unsaturated/α-hetero) is 1. The zero-order chi connectivity index (χ0) is 17.7. The highest BCUT2D eigenvalue weighted by molar-refractivity contribution is 5.82. The van der Waals surface area contributed by atoms with Gasteiger partial charge in [0.1, 0.15) is 13.2 Å². The van der Waals surface area contributed by atoms with Gasteiger partial charge in [-0.05, 0) is 5.92 Å². The molecule has 0 aromatic carbocycles. The van der Waals surface area contributed by atoms with Crippen LogP contribution < -0.4 is 10.6 Å². The van der Waals surface area contributed by atoms with E-state index in [9.17, 15) is 14.4 Å². The molecule has 0 aliphatic heterocycles. The van der Waals surface area contributed by atoms with E-state index in [2.05, 4.69) is 10.6 Å². The Morgan fingerprint density at radius 1 is 0.826 bits per heavy atom. The summed E-state index contributed by atoms with van der Waals surface area (Å²) in [5.41, 5.74) is 0. The molecule has 0 heterocycles. The molecular formula is C16H30N2O5. The van der Waals surface area contributed by atoms with E-state index in [0.717, 1.165) is 0 Å². The molecule has 0 aliphatic carbocycles. The maximum Gasteiger partial charge on any atom is 0.246 e. The minimum absolute atomic E-state index is 0.0185. The van der Waals surface area contributed by atoms with Gasteiger partial charge in [0.05, 0.1) is 13.2 Å². The first-order valence-electron chi connectivity index (χ1n) is 8.04. The second-order valence-electron chi connectivity index (χ2n) is 6.02. The molecule has 2 N–H and O–H groups in total. The van der Waals surface area contributed by atoms with E-state index in [1.54, 1.807) is 13.8 Å². The normalized spacial score (nSPS) is 10.9. The van der Waals surface area contributed by atoms with E-state index in [0.29, 0.717) is 38.6 Å². The van der Waals surface area contributed by atoms with Crippen molar-refractivity contribution in [3.8, 4) is 0 Å². The molecule has 0 atom stereocenters. The minimum Gasteiger partial charge on any atom is -0.378 e. The zero-order valence-electron chi connectivity index (χ0n) is 14.6. The van der Waals surface area contributed by atoms with Gasteiger partial charge in [0.15, 0.2) is 5.78 Å². The molecule has 0 saturated heterocycles. The first-order valence-corrected chi connectivity index (χ1v) is 8.04. The Balaban J connectivity index is 3.42. The number of ketones is 1. The minimum atomic E-state index is -0.282. The molecule has 0 saturated carbocycles. The molecule has 0 aromatic rings. The maximum absolute atomic E-state index is 11.4. The summed E-state index contributed by atoms with van der Waals surface area (Å²) >= 11 is 0. The fourth-order valence-electron chi connectivity index (χ4n) is 1.53. The van der Waals surface area contributed by atoms with Crippen LogP contribution in [0.1, 0.15) is 34.1 Å². The van der Waals surface area contributed by atoms with Crippen molar-refractivity contribution in [1.29, 1.82) is 0 Å². The number of carbonyl (C=O) groups is 3. The standard InChI is InChI=1S/C16H30N2O5/c1-12(2)9-15(20)17-5-7-22-8-6-18-16(21)11-23-10-14(19)13(3)4/h12-13H,5-11H2,1-4H3,(H,17,20)(H,18,21). The van der Waals surface area contributed by atoms with Crippen molar-refractivity contribution in [2.24, 2.45) is 11.8 Å². The van der Waals surface area contributed by atoms with Crippen molar-refractivity contribution in [3.05, 3.63) is 0 Å². The van der Waals surface area contributed by atoms with Gasteiger partial charge in [0, 0.05) is 25.4 Å². The van der Waals surface area contributed by atoms with E-state index < -0.39 is 0 Å². The monoisotopic (exact) mass is 330 g/mol. The lowest BCUT2D eigenvalue weighted by atomic mass is 10.1. The van der Waals surface area contributed by atoms with Gasteiger partial charge in [-0.15, -0.1) is 0 Å². The molecule has 0 bridgehead atoms. The number of hydrogen-bond acceptors (Lipinski definition) is 5. The lowest BCUT2D eigenvalue weighted by Crippen LogP contribution is -2.32. The molecule has 23 heavy (non-hydrogen) atoms. The highest BCUT2D eigenvalue weighted by atomic mass is 16.5. The van der Waals surface area contributed by atoms with Gasteiger partial charge in [-0.25, -0.2) is 0 Å². The average Bonchev–Trinajstić information content (AvgIpc) is 2.45. The van der Waals surface area contributed by atoms with E-state index in [1.807, 2.05) is 13.8 Å². The zero-order valence-corrected chi connectivity index (χ0v) is 14.6. The van der Waals surface area contributed by atoms with Crippen LogP contribution in [0.5, 0.6) is 0 Å². The number of ether oxygens (including phenoxy) is 2. The van der Waals surface area contributed by atoms with Crippen LogP contribution >= 0.6 is 0 Å². The quantitative estimate of drug-likeness (QED) is 0.480. The second-order valence-corrected chi connectivity index (χ2v) is 6.02. The molecule has 7 heteroatoms. The fourth-order valence-corrected chi connectivity index (χ4v) is 1.53. The molecule has 7 nitrogen and oxygen atoms in total. The number of amides is 2. The summed E-state index contributed by atoms with van der Waals surface area (Å²) in [6.07, 6.45) is 0.509. The van der Waals surface area contributed by atoms with E-state index in [4.69, 9.17) is 9.47 Å². The van der Waals surface area contributed by atoms with Crippen molar-refractivity contribution in [2.45, 2.75) is 34.1 Å². The van der Waals surface area contributed by atoms with Crippen LogP contribution in [-0.4, -0.2) is 57.1 Å². The van der Waals surface area contributed by atoms with Crippen LogP contribution in [0.15, 0.2) is 0 Å². The average molecular weight is 330 g/mol. The van der Waals surface area contributed by atoms with Crippen LogP contribution in [0.25, 0.3) is 0 Å². The molecule has 0 spiro atoms. The summed E-state index contributed by atoms with van der Waals surface area (Å²) < 4.78 is 10.3. The summed E-state index contributed by atoms with van der Waals surface area (Å²) in [5, 5.41) is 5.38. The van der Waals surface area contributed by atoms with Gasteiger partial charge in [0.2, 0.25) is 11.8 Å². The van der Waals surface area contributed by atoms with Crippen molar-refractivity contribution in [1.82, 2.24) is 10.6 Å². The molecule has 0 rings (SSSR count). The second kappa shape index (κ2) is 13.0. The van der Waals surface area contributed by atoms with Gasteiger partial charge < -0.3 is 20.1 Å². The first kappa shape index (κ1) is 21.5. The first-order chi connectivity index (χ1) is 10.8. The van der Waals surface area contributed by atoms with Crippen molar-refractivity contribution >= 4 is 17.6 Å². The Bertz CT molecular complexity index is 369. The van der Waals surface area contributed by atoms with E-state index >= 15 is 0 Å². The summed E-state index contributed by atoms with van der Waals surface area (Å²) in [4.78, 5) is 34.1. The van der Waals surface area contributed by atoms with Crippen LogP contribution in [-0.2, 0) is 23.9 Å². The van der Waals surface area contributed by atoms with Crippen LogP contribution in [0, 0.1) is 11.8 Å². The number of nitrogens with one attached hydrogen (secondary N) is 2. The lowest BCUT2D eigenvalue weighted by molar-refractivity contribution is -0.131. The summed E-state index contributed by atoms with van der Waals surface area (Å²) in [6, 6.07) is 0. The Morgan fingerprint density at radius 2 is 1.39 bits per heavy atom. The lowest BCUT2D eigenvalue weighted by Gasteiger charge is -2.09. The molecular weight excluding hydrogens is 300 g/mol. The van der Waals surface area contributed by atoms with Crippen molar-refractivity contribution in [2.75, 3.05) is 39.5 Å². The van der Waals surface area contributed by atoms with Crippen molar-refractivity contribution < 1.29 is 23.9 Å². The molecule has 134 valence electrons. The van der Waals surface area contributed by atoms with Gasteiger partial charge in [-0.2, -0.15) is 0 Å². The molecule has 0 fully saturated rings. The number of hydrogen-bond donors (Lipinski definition) is 2. The highest BCUT2D eigenvalue weighted by Gasteiger charge is 2.08. The predicted octanol–water partition coefficient (Wildman–Crippen LogP) is 0.523. The molecule has 0 radical (unpaired) electrons. The third-order valence-electron chi connectivity index (χ3n) is 2.85. The SMILES string of the molecule is CC(C)CC(=O)NCCOCCNC(=O)COCC(=O)C(C)C. The highest BCUT2D eigenvalue weighted by Crippen LogP contribution is 1.97. The number of rotatable bonds is 13. The van der Waals surface area contributed by atoms with E-state index in [1.165, 1.54) is 0 Å². The van der Waals surface area contributed by atoms with Crippen LogP contribution in [0.4, 0.5) is 0 Å². The third kappa shape index (κ3) is 13.9. The third-order valence-corrected chi connectivity index (χ3v) is 2.85.